The Hall–Kier alpha value is -1.60. The summed E-state index contributed by atoms with van der Waals surface area (Å²) in [6.45, 7) is 1.99. The Morgan fingerprint density at radius 1 is 1.45 bits per heavy atom. The van der Waals surface area contributed by atoms with E-state index in [9.17, 15) is 4.79 Å². The molecule has 2 rings (SSSR count). The van der Waals surface area contributed by atoms with Crippen LogP contribution in [-0.4, -0.2) is 36.0 Å². The van der Waals surface area contributed by atoms with Crippen LogP contribution < -0.4 is 10.2 Å². The summed E-state index contributed by atoms with van der Waals surface area (Å²) in [5.41, 5.74) is 4.66. The smallest absolute Gasteiger partial charge is 0.234 e. The third kappa shape index (κ3) is 3.94. The van der Waals surface area contributed by atoms with Crippen LogP contribution in [-0.2, 0) is 4.79 Å². The number of hydrogen-bond donors (Lipinski definition) is 1. The van der Waals surface area contributed by atoms with Gasteiger partial charge in [0.25, 0.3) is 0 Å². The summed E-state index contributed by atoms with van der Waals surface area (Å²) >= 11 is 2.83. The van der Waals surface area contributed by atoms with Crippen LogP contribution in [0.1, 0.15) is 5.56 Å². The van der Waals surface area contributed by atoms with Crippen molar-refractivity contribution in [3.8, 4) is 0 Å². The van der Waals surface area contributed by atoms with Gasteiger partial charge in [0.05, 0.1) is 5.75 Å². The Balaban J connectivity index is 1.94. The minimum atomic E-state index is -0.0362. The maximum Gasteiger partial charge on any atom is 0.234 e. The fraction of sp³-hybridized carbons (Fsp3) is 0.308. The fourth-order valence-corrected chi connectivity index (χ4v) is 2.89. The second-order valence-corrected chi connectivity index (χ2v) is 6.49. The third-order valence-electron chi connectivity index (χ3n) is 2.67. The van der Waals surface area contributed by atoms with Crippen LogP contribution in [0.15, 0.2) is 28.0 Å². The van der Waals surface area contributed by atoms with E-state index in [-0.39, 0.29) is 5.91 Å². The van der Waals surface area contributed by atoms with Gasteiger partial charge in [0.15, 0.2) is 4.34 Å². The SMILES string of the molecule is Cc1cc(N(C)C)ccc1NC(=O)CSc1nncs1. The minimum Gasteiger partial charge on any atom is -0.378 e. The summed E-state index contributed by atoms with van der Waals surface area (Å²) in [7, 11) is 3.98. The number of thioether (sulfide) groups is 1. The molecule has 1 N–H and O–H groups in total. The van der Waals surface area contributed by atoms with E-state index in [1.807, 2.05) is 44.1 Å². The zero-order chi connectivity index (χ0) is 14.5. The van der Waals surface area contributed by atoms with Crippen LogP contribution in [0.3, 0.4) is 0 Å². The standard InChI is InChI=1S/C13H16N4OS2/c1-9-6-10(17(2)3)4-5-11(9)15-12(18)7-19-13-16-14-8-20-13/h4-6,8H,7H2,1-3H3,(H,15,18). The van der Waals surface area contributed by atoms with Crippen LogP contribution in [0.2, 0.25) is 0 Å². The molecule has 0 fully saturated rings. The summed E-state index contributed by atoms with van der Waals surface area (Å²) in [4.78, 5) is 13.9. The first-order valence-electron chi connectivity index (χ1n) is 6.03. The molecule has 0 saturated carbocycles. The number of rotatable bonds is 5. The second-order valence-electron chi connectivity index (χ2n) is 4.44. The first-order chi connectivity index (χ1) is 9.56. The summed E-state index contributed by atoms with van der Waals surface area (Å²) in [5, 5.41) is 10.5. The molecule has 1 aromatic carbocycles. The maximum atomic E-state index is 11.9. The first kappa shape index (κ1) is 14.8. The van der Waals surface area contributed by atoms with E-state index >= 15 is 0 Å². The largest absolute Gasteiger partial charge is 0.378 e. The molecule has 1 heterocycles. The van der Waals surface area contributed by atoms with Crippen LogP contribution >= 0.6 is 23.1 Å². The van der Waals surface area contributed by atoms with Gasteiger partial charge < -0.3 is 10.2 Å². The molecule has 5 nitrogen and oxygen atoms in total. The number of aryl methyl sites for hydroxylation is 1. The third-order valence-corrected chi connectivity index (χ3v) is 4.53. The molecular weight excluding hydrogens is 292 g/mol. The van der Waals surface area contributed by atoms with Crippen molar-refractivity contribution in [3.05, 3.63) is 29.3 Å². The highest BCUT2D eigenvalue weighted by Crippen LogP contribution is 2.23. The first-order valence-corrected chi connectivity index (χ1v) is 7.89. The van der Waals surface area contributed by atoms with Gasteiger partial charge in [-0.2, -0.15) is 0 Å². The summed E-state index contributed by atoms with van der Waals surface area (Å²) < 4.78 is 0.805. The van der Waals surface area contributed by atoms with Crippen LogP contribution in [0.5, 0.6) is 0 Å². The van der Waals surface area contributed by atoms with Gasteiger partial charge in [-0.15, -0.1) is 10.2 Å². The van der Waals surface area contributed by atoms with Gasteiger partial charge in [-0.1, -0.05) is 23.1 Å². The second kappa shape index (κ2) is 6.71. The topological polar surface area (TPSA) is 58.1 Å². The molecular formula is C13H16N4OS2. The Morgan fingerprint density at radius 3 is 2.85 bits per heavy atom. The van der Waals surface area contributed by atoms with E-state index < -0.39 is 0 Å². The average Bonchev–Trinajstić information content (AvgIpc) is 2.91. The molecule has 0 unspecified atom stereocenters. The quantitative estimate of drug-likeness (QED) is 0.861. The molecule has 106 valence electrons. The Kier molecular flexibility index (Phi) is 4.97. The van der Waals surface area contributed by atoms with Crippen molar-refractivity contribution >= 4 is 40.4 Å². The molecule has 2 aromatic rings. The van der Waals surface area contributed by atoms with Gasteiger partial charge >= 0.3 is 0 Å². The molecule has 0 radical (unpaired) electrons. The molecule has 0 spiro atoms. The van der Waals surface area contributed by atoms with Crippen molar-refractivity contribution in [3.63, 3.8) is 0 Å². The molecule has 0 aliphatic rings. The lowest BCUT2D eigenvalue weighted by atomic mass is 10.1. The van der Waals surface area contributed by atoms with Gasteiger partial charge in [0.1, 0.15) is 5.51 Å². The van der Waals surface area contributed by atoms with Crippen molar-refractivity contribution in [2.45, 2.75) is 11.3 Å². The number of benzene rings is 1. The number of carbonyl (C=O) groups is 1. The Bertz CT molecular complexity index is 584. The molecule has 1 aromatic heterocycles. The molecule has 7 heteroatoms. The van der Waals surface area contributed by atoms with E-state index in [0.717, 1.165) is 21.3 Å². The molecule has 0 saturated heterocycles. The molecule has 1 amide bonds. The number of amides is 1. The number of carbonyl (C=O) groups excluding carboxylic acids is 1. The maximum absolute atomic E-state index is 11.9. The van der Waals surface area contributed by atoms with Crippen molar-refractivity contribution < 1.29 is 4.79 Å². The zero-order valence-electron chi connectivity index (χ0n) is 11.6. The number of nitrogens with one attached hydrogen (secondary N) is 1. The monoisotopic (exact) mass is 308 g/mol. The van der Waals surface area contributed by atoms with E-state index in [0.29, 0.717) is 5.75 Å². The van der Waals surface area contributed by atoms with Gasteiger partial charge in [-0.3, -0.25) is 4.79 Å². The predicted octanol–water partition coefficient (Wildman–Crippen LogP) is 2.64. The van der Waals surface area contributed by atoms with E-state index in [2.05, 4.69) is 15.5 Å². The Labute approximate surface area is 126 Å². The number of nitrogens with zero attached hydrogens (tertiary/aromatic N) is 3. The van der Waals surface area contributed by atoms with Crippen LogP contribution in [0.4, 0.5) is 11.4 Å². The molecule has 20 heavy (non-hydrogen) atoms. The highest BCUT2D eigenvalue weighted by Gasteiger charge is 2.08. The predicted molar refractivity (Wildman–Crippen MR) is 84.8 cm³/mol. The average molecular weight is 308 g/mol. The van der Waals surface area contributed by atoms with Crippen molar-refractivity contribution in [2.24, 2.45) is 0 Å². The van der Waals surface area contributed by atoms with Crippen molar-refractivity contribution in [2.75, 3.05) is 30.1 Å². The summed E-state index contributed by atoms with van der Waals surface area (Å²) in [5.74, 6) is 0.301. The normalized spacial score (nSPS) is 10.3. The lowest BCUT2D eigenvalue weighted by Crippen LogP contribution is -2.15. The van der Waals surface area contributed by atoms with Crippen molar-refractivity contribution in [1.82, 2.24) is 10.2 Å². The van der Waals surface area contributed by atoms with E-state index in [1.165, 1.54) is 23.1 Å². The van der Waals surface area contributed by atoms with Crippen LogP contribution in [0.25, 0.3) is 0 Å². The van der Waals surface area contributed by atoms with E-state index in [1.54, 1.807) is 5.51 Å². The number of aromatic nitrogens is 2. The fourth-order valence-electron chi connectivity index (χ4n) is 1.61. The Morgan fingerprint density at radius 2 is 2.25 bits per heavy atom. The number of hydrogen-bond acceptors (Lipinski definition) is 6. The number of anilines is 2. The molecule has 0 aliphatic carbocycles. The summed E-state index contributed by atoms with van der Waals surface area (Å²) in [6.07, 6.45) is 0. The van der Waals surface area contributed by atoms with Crippen LogP contribution in [0, 0.1) is 6.92 Å². The molecule has 0 aliphatic heterocycles. The highest BCUT2D eigenvalue weighted by atomic mass is 32.2. The lowest BCUT2D eigenvalue weighted by molar-refractivity contribution is -0.113. The van der Waals surface area contributed by atoms with Gasteiger partial charge in [-0.25, -0.2) is 0 Å². The lowest BCUT2D eigenvalue weighted by Gasteiger charge is -2.15. The van der Waals surface area contributed by atoms with E-state index in [4.69, 9.17) is 0 Å². The van der Waals surface area contributed by atoms with Gasteiger partial charge in [-0.05, 0) is 30.7 Å². The molecule has 0 atom stereocenters. The van der Waals surface area contributed by atoms with Crippen molar-refractivity contribution in [1.29, 1.82) is 0 Å². The molecule has 0 bridgehead atoms. The zero-order valence-corrected chi connectivity index (χ0v) is 13.2. The highest BCUT2D eigenvalue weighted by molar-refractivity contribution is 8.01. The summed E-state index contributed by atoms with van der Waals surface area (Å²) in [6, 6.07) is 5.96. The van der Waals surface area contributed by atoms with Gasteiger partial charge in [0, 0.05) is 25.5 Å². The van der Waals surface area contributed by atoms with Gasteiger partial charge in [0.2, 0.25) is 5.91 Å². The minimum absolute atomic E-state index is 0.0362.